The van der Waals surface area contributed by atoms with Gasteiger partial charge in [-0.3, -0.25) is 10.1 Å². The third-order valence-corrected chi connectivity index (χ3v) is 4.17. The fraction of sp³-hybridized carbons (Fsp3) is 0.333. The molecular weight excluding hydrogens is 278 g/mol. The summed E-state index contributed by atoms with van der Waals surface area (Å²) in [6, 6.07) is 3.68. The molecule has 0 aromatic carbocycles. The Bertz CT molecular complexity index is 663. The molecule has 2 rings (SSSR count). The molecule has 0 radical (unpaired) electrons. The van der Waals surface area contributed by atoms with Gasteiger partial charge in [-0.15, -0.1) is 0 Å². The summed E-state index contributed by atoms with van der Waals surface area (Å²) in [5.74, 6) is 0. The number of aromatic nitrogens is 3. The van der Waals surface area contributed by atoms with Crippen LogP contribution in [0.15, 0.2) is 29.6 Å². The van der Waals surface area contributed by atoms with Gasteiger partial charge in [-0.1, -0.05) is 6.07 Å². The number of hydrogen-bond donors (Lipinski definition) is 3. The third-order valence-electron chi connectivity index (χ3n) is 2.75. The molecule has 0 aliphatic rings. The summed E-state index contributed by atoms with van der Waals surface area (Å²) in [6.07, 6.45) is 3.15. The van der Waals surface area contributed by atoms with Crippen molar-refractivity contribution in [1.82, 2.24) is 25.2 Å². The van der Waals surface area contributed by atoms with Crippen molar-refractivity contribution in [2.75, 3.05) is 7.05 Å². The van der Waals surface area contributed by atoms with E-state index in [0.29, 0.717) is 12.1 Å². The second kappa shape index (κ2) is 6.12. The van der Waals surface area contributed by atoms with E-state index in [1.165, 1.54) is 6.20 Å². The molecule has 7 nitrogen and oxygen atoms in total. The predicted molar refractivity (Wildman–Crippen MR) is 74.4 cm³/mol. The second-order valence-electron chi connectivity index (χ2n) is 4.39. The molecule has 3 N–H and O–H groups in total. The molecule has 0 unspecified atom stereocenters. The molecule has 108 valence electrons. The first-order chi connectivity index (χ1) is 9.53. The van der Waals surface area contributed by atoms with Gasteiger partial charge < -0.3 is 5.32 Å². The van der Waals surface area contributed by atoms with E-state index in [2.05, 4.69) is 25.2 Å². The summed E-state index contributed by atoms with van der Waals surface area (Å²) < 4.78 is 26.9. The normalized spacial score (nSPS) is 11.7. The van der Waals surface area contributed by atoms with E-state index >= 15 is 0 Å². The van der Waals surface area contributed by atoms with Crippen LogP contribution in [0.2, 0.25) is 0 Å². The Morgan fingerprint density at radius 3 is 2.70 bits per heavy atom. The standard InChI is InChI=1S/C12H17N5O2S/c1-9-3-4-10(5-14-9)6-16-20(18,19)12-11(7-13-2)8-15-17-12/h3-5,8,13,16H,6-7H2,1-2H3,(H,15,17). The molecule has 20 heavy (non-hydrogen) atoms. The second-order valence-corrected chi connectivity index (χ2v) is 6.09. The Morgan fingerprint density at radius 2 is 2.05 bits per heavy atom. The molecule has 0 bridgehead atoms. The lowest BCUT2D eigenvalue weighted by atomic mass is 10.2. The number of sulfonamides is 1. The number of pyridine rings is 1. The zero-order valence-electron chi connectivity index (χ0n) is 11.3. The number of aryl methyl sites for hydroxylation is 1. The van der Waals surface area contributed by atoms with Crippen molar-refractivity contribution in [3.05, 3.63) is 41.3 Å². The van der Waals surface area contributed by atoms with Crippen LogP contribution in [0, 0.1) is 6.92 Å². The molecular formula is C12H17N5O2S. The molecule has 0 fully saturated rings. The Morgan fingerprint density at radius 1 is 1.25 bits per heavy atom. The Hall–Kier alpha value is -1.77. The van der Waals surface area contributed by atoms with Gasteiger partial charge in [0.25, 0.3) is 10.0 Å². The van der Waals surface area contributed by atoms with Crippen LogP contribution in [0.3, 0.4) is 0 Å². The van der Waals surface area contributed by atoms with Crippen molar-refractivity contribution in [1.29, 1.82) is 0 Å². The molecule has 0 saturated heterocycles. The summed E-state index contributed by atoms with van der Waals surface area (Å²) in [6.45, 7) is 2.50. The number of H-pyrrole nitrogens is 1. The zero-order chi connectivity index (χ0) is 14.6. The van der Waals surface area contributed by atoms with Crippen LogP contribution < -0.4 is 10.0 Å². The zero-order valence-corrected chi connectivity index (χ0v) is 12.2. The van der Waals surface area contributed by atoms with E-state index in [-0.39, 0.29) is 11.6 Å². The first-order valence-corrected chi connectivity index (χ1v) is 7.59. The molecule has 0 atom stereocenters. The maximum Gasteiger partial charge on any atom is 0.258 e. The SMILES string of the molecule is CNCc1cn[nH]c1S(=O)(=O)NCc1ccc(C)nc1. The van der Waals surface area contributed by atoms with Gasteiger partial charge in [0.05, 0.1) is 6.20 Å². The van der Waals surface area contributed by atoms with Crippen molar-refractivity contribution in [2.24, 2.45) is 0 Å². The van der Waals surface area contributed by atoms with Crippen LogP contribution in [0.1, 0.15) is 16.8 Å². The largest absolute Gasteiger partial charge is 0.316 e. The highest BCUT2D eigenvalue weighted by Gasteiger charge is 2.20. The minimum absolute atomic E-state index is 0.0897. The first kappa shape index (κ1) is 14.6. The van der Waals surface area contributed by atoms with Crippen molar-refractivity contribution in [3.63, 3.8) is 0 Å². The van der Waals surface area contributed by atoms with Crippen LogP contribution in [0.5, 0.6) is 0 Å². The summed E-state index contributed by atoms with van der Waals surface area (Å²) in [5, 5.41) is 9.29. The maximum absolute atomic E-state index is 12.2. The molecule has 0 saturated carbocycles. The van der Waals surface area contributed by atoms with Gasteiger partial charge >= 0.3 is 0 Å². The van der Waals surface area contributed by atoms with E-state index in [9.17, 15) is 8.42 Å². The molecule has 8 heteroatoms. The van der Waals surface area contributed by atoms with Crippen LogP contribution >= 0.6 is 0 Å². The topological polar surface area (TPSA) is 99.8 Å². The number of hydrogen-bond acceptors (Lipinski definition) is 5. The Kier molecular flexibility index (Phi) is 4.48. The average molecular weight is 295 g/mol. The molecule has 2 aromatic rings. The fourth-order valence-corrected chi connectivity index (χ4v) is 2.85. The van der Waals surface area contributed by atoms with Crippen molar-refractivity contribution in [2.45, 2.75) is 25.0 Å². The van der Waals surface area contributed by atoms with E-state index < -0.39 is 10.0 Å². The van der Waals surface area contributed by atoms with Crippen molar-refractivity contribution in [3.8, 4) is 0 Å². The minimum atomic E-state index is -3.61. The van der Waals surface area contributed by atoms with Crippen LogP contribution in [-0.4, -0.2) is 30.6 Å². The molecule has 0 spiro atoms. The summed E-state index contributed by atoms with van der Waals surface area (Å²) in [5.41, 5.74) is 2.29. The Balaban J connectivity index is 2.11. The lowest BCUT2D eigenvalue weighted by molar-refractivity contribution is 0.574. The lowest BCUT2D eigenvalue weighted by Crippen LogP contribution is -2.25. The highest BCUT2D eigenvalue weighted by Crippen LogP contribution is 2.12. The summed E-state index contributed by atoms with van der Waals surface area (Å²) in [7, 11) is -1.87. The molecule has 2 aromatic heterocycles. The van der Waals surface area contributed by atoms with Gasteiger partial charge in [0, 0.05) is 30.5 Å². The fourth-order valence-electron chi connectivity index (χ4n) is 1.70. The van der Waals surface area contributed by atoms with E-state index in [1.54, 1.807) is 13.2 Å². The first-order valence-electron chi connectivity index (χ1n) is 6.11. The van der Waals surface area contributed by atoms with Crippen molar-refractivity contribution >= 4 is 10.0 Å². The monoisotopic (exact) mass is 295 g/mol. The quantitative estimate of drug-likeness (QED) is 0.712. The average Bonchev–Trinajstić information content (AvgIpc) is 2.88. The molecule has 2 heterocycles. The number of nitrogens with one attached hydrogen (secondary N) is 3. The van der Waals surface area contributed by atoms with E-state index in [4.69, 9.17) is 0 Å². The highest BCUT2D eigenvalue weighted by molar-refractivity contribution is 7.89. The summed E-state index contributed by atoms with van der Waals surface area (Å²) >= 11 is 0. The van der Waals surface area contributed by atoms with Crippen LogP contribution in [0.25, 0.3) is 0 Å². The van der Waals surface area contributed by atoms with Gasteiger partial charge in [-0.25, -0.2) is 13.1 Å². The number of rotatable bonds is 6. The third kappa shape index (κ3) is 3.41. The number of nitrogens with zero attached hydrogens (tertiary/aromatic N) is 2. The molecule has 0 aliphatic carbocycles. The van der Waals surface area contributed by atoms with Gasteiger partial charge in [-0.2, -0.15) is 5.10 Å². The van der Waals surface area contributed by atoms with Gasteiger partial charge in [-0.05, 0) is 25.6 Å². The molecule has 0 aliphatic heterocycles. The maximum atomic E-state index is 12.2. The molecule has 0 amide bonds. The van der Waals surface area contributed by atoms with Crippen LogP contribution in [0.4, 0.5) is 0 Å². The number of aromatic amines is 1. The van der Waals surface area contributed by atoms with Gasteiger partial charge in [0.2, 0.25) is 0 Å². The van der Waals surface area contributed by atoms with E-state index in [0.717, 1.165) is 11.3 Å². The predicted octanol–water partition coefficient (Wildman–Crippen LogP) is 0.311. The minimum Gasteiger partial charge on any atom is -0.316 e. The van der Waals surface area contributed by atoms with E-state index in [1.807, 2.05) is 19.1 Å². The smallest absolute Gasteiger partial charge is 0.258 e. The Labute approximate surface area is 117 Å². The van der Waals surface area contributed by atoms with Gasteiger partial charge in [0.1, 0.15) is 0 Å². The highest BCUT2D eigenvalue weighted by atomic mass is 32.2. The van der Waals surface area contributed by atoms with Crippen LogP contribution in [-0.2, 0) is 23.1 Å². The van der Waals surface area contributed by atoms with Gasteiger partial charge in [0.15, 0.2) is 5.03 Å². The van der Waals surface area contributed by atoms with Crippen molar-refractivity contribution < 1.29 is 8.42 Å². The lowest BCUT2D eigenvalue weighted by Gasteiger charge is -2.07. The summed E-state index contributed by atoms with van der Waals surface area (Å²) in [4.78, 5) is 4.12.